The smallest absolute Gasteiger partial charge is 0.407 e. The lowest BCUT2D eigenvalue weighted by Gasteiger charge is -2.31. The van der Waals surface area contributed by atoms with Gasteiger partial charge in [0.15, 0.2) is 0 Å². The molecule has 108 valence electrons. The van der Waals surface area contributed by atoms with Crippen molar-refractivity contribution in [3.8, 4) is 0 Å². The molecule has 6 nitrogen and oxygen atoms in total. The third kappa shape index (κ3) is 4.09. The lowest BCUT2D eigenvalue weighted by Crippen LogP contribution is -2.48. The third-order valence-corrected chi connectivity index (χ3v) is 4.11. The summed E-state index contributed by atoms with van der Waals surface area (Å²) in [5.74, 6) is 0.820. The minimum absolute atomic E-state index is 0.201. The highest BCUT2D eigenvalue weighted by atomic mass is 16.4. The Bertz CT molecular complexity index is 327. The van der Waals surface area contributed by atoms with Crippen molar-refractivity contribution in [3.63, 3.8) is 0 Å². The average Bonchev–Trinajstić information content (AvgIpc) is 2.41. The van der Waals surface area contributed by atoms with E-state index in [9.17, 15) is 9.59 Å². The second-order valence-corrected chi connectivity index (χ2v) is 5.41. The van der Waals surface area contributed by atoms with Crippen LogP contribution in [-0.4, -0.2) is 66.2 Å². The maximum Gasteiger partial charge on any atom is 0.407 e. The Balaban J connectivity index is 1.61. The van der Waals surface area contributed by atoms with Crippen molar-refractivity contribution in [2.75, 3.05) is 39.3 Å². The summed E-state index contributed by atoms with van der Waals surface area (Å²) in [5.41, 5.74) is 0. The fraction of sp³-hybridized carbons (Fsp3) is 0.846. The quantitative estimate of drug-likeness (QED) is 0.783. The van der Waals surface area contributed by atoms with E-state index < -0.39 is 6.09 Å². The summed E-state index contributed by atoms with van der Waals surface area (Å²) in [7, 11) is 0. The largest absolute Gasteiger partial charge is 0.465 e. The number of likely N-dealkylation sites (tertiary alicyclic amines) is 1. The zero-order chi connectivity index (χ0) is 13.7. The first kappa shape index (κ1) is 14.1. The molecule has 0 aromatic rings. The Morgan fingerprint density at radius 1 is 1.32 bits per heavy atom. The number of amides is 2. The summed E-state index contributed by atoms with van der Waals surface area (Å²) in [4.78, 5) is 25.8. The lowest BCUT2D eigenvalue weighted by atomic mass is 9.92. The molecule has 2 aliphatic heterocycles. The number of nitrogens with zero attached hydrogens (tertiary/aromatic N) is 2. The SMILES string of the molecule is O=C(O)N1CCC(CCCN2CCNCC2=O)CC1. The van der Waals surface area contributed by atoms with Crippen molar-refractivity contribution >= 4 is 12.0 Å². The number of nitrogens with one attached hydrogen (secondary N) is 1. The van der Waals surface area contributed by atoms with Crippen molar-refractivity contribution < 1.29 is 14.7 Å². The number of hydrogen-bond acceptors (Lipinski definition) is 3. The van der Waals surface area contributed by atoms with Gasteiger partial charge in [0.05, 0.1) is 6.54 Å². The van der Waals surface area contributed by atoms with Crippen LogP contribution in [0.4, 0.5) is 4.79 Å². The minimum Gasteiger partial charge on any atom is -0.465 e. The Morgan fingerprint density at radius 2 is 2.05 bits per heavy atom. The molecule has 0 radical (unpaired) electrons. The first-order valence-corrected chi connectivity index (χ1v) is 7.13. The molecule has 0 aliphatic carbocycles. The van der Waals surface area contributed by atoms with E-state index in [1.54, 1.807) is 0 Å². The first-order valence-electron chi connectivity index (χ1n) is 7.13. The lowest BCUT2D eigenvalue weighted by molar-refractivity contribution is -0.132. The number of piperazine rings is 1. The van der Waals surface area contributed by atoms with Crippen LogP contribution in [0.5, 0.6) is 0 Å². The number of rotatable bonds is 4. The summed E-state index contributed by atoms with van der Waals surface area (Å²) in [6.07, 6.45) is 3.25. The van der Waals surface area contributed by atoms with E-state index in [1.165, 1.54) is 4.90 Å². The normalized spacial score (nSPS) is 21.8. The molecule has 2 heterocycles. The highest BCUT2D eigenvalue weighted by molar-refractivity contribution is 5.78. The fourth-order valence-corrected chi connectivity index (χ4v) is 2.87. The van der Waals surface area contributed by atoms with E-state index in [2.05, 4.69) is 5.32 Å². The Kier molecular flexibility index (Phi) is 5.01. The molecule has 0 unspecified atom stereocenters. The molecule has 2 saturated heterocycles. The summed E-state index contributed by atoms with van der Waals surface area (Å²) in [6.45, 7) is 4.34. The molecule has 2 amide bonds. The molecule has 2 fully saturated rings. The molecule has 2 aliphatic rings. The topological polar surface area (TPSA) is 72.9 Å². The second kappa shape index (κ2) is 6.75. The Hall–Kier alpha value is -1.30. The molecule has 0 spiro atoms. The number of carbonyl (C=O) groups is 2. The summed E-state index contributed by atoms with van der Waals surface area (Å²) >= 11 is 0. The fourth-order valence-electron chi connectivity index (χ4n) is 2.87. The summed E-state index contributed by atoms with van der Waals surface area (Å²) in [6, 6.07) is 0. The third-order valence-electron chi connectivity index (χ3n) is 4.11. The highest BCUT2D eigenvalue weighted by Gasteiger charge is 2.22. The molecule has 0 bridgehead atoms. The highest BCUT2D eigenvalue weighted by Crippen LogP contribution is 2.22. The number of carbonyl (C=O) groups excluding carboxylic acids is 1. The van der Waals surface area contributed by atoms with Gasteiger partial charge in [-0.2, -0.15) is 0 Å². The van der Waals surface area contributed by atoms with E-state index in [0.717, 1.165) is 45.3 Å². The van der Waals surface area contributed by atoms with Crippen LogP contribution in [0.3, 0.4) is 0 Å². The molecular formula is C13H23N3O3. The number of carboxylic acid groups (broad SMARTS) is 1. The maximum absolute atomic E-state index is 11.6. The monoisotopic (exact) mass is 269 g/mol. The van der Waals surface area contributed by atoms with E-state index in [1.807, 2.05) is 4.90 Å². The predicted octanol–water partition coefficient (Wildman–Crippen LogP) is 0.588. The van der Waals surface area contributed by atoms with Gasteiger partial charge in [0.1, 0.15) is 0 Å². The molecule has 0 atom stereocenters. The van der Waals surface area contributed by atoms with Gasteiger partial charge in [-0.1, -0.05) is 0 Å². The van der Waals surface area contributed by atoms with E-state index in [4.69, 9.17) is 5.11 Å². The minimum atomic E-state index is -0.801. The van der Waals surface area contributed by atoms with E-state index in [-0.39, 0.29) is 5.91 Å². The Labute approximate surface area is 113 Å². The van der Waals surface area contributed by atoms with Gasteiger partial charge >= 0.3 is 6.09 Å². The van der Waals surface area contributed by atoms with Crippen LogP contribution in [0.15, 0.2) is 0 Å². The van der Waals surface area contributed by atoms with Crippen molar-refractivity contribution in [1.82, 2.24) is 15.1 Å². The van der Waals surface area contributed by atoms with Gasteiger partial charge in [-0.25, -0.2) is 4.79 Å². The predicted molar refractivity (Wildman–Crippen MR) is 71.0 cm³/mol. The van der Waals surface area contributed by atoms with Gasteiger partial charge in [0.2, 0.25) is 5.91 Å². The van der Waals surface area contributed by atoms with Gasteiger partial charge in [-0.15, -0.1) is 0 Å². The van der Waals surface area contributed by atoms with E-state index >= 15 is 0 Å². The van der Waals surface area contributed by atoms with Crippen molar-refractivity contribution in [3.05, 3.63) is 0 Å². The van der Waals surface area contributed by atoms with Crippen LogP contribution >= 0.6 is 0 Å². The zero-order valence-corrected chi connectivity index (χ0v) is 11.3. The molecule has 6 heteroatoms. The van der Waals surface area contributed by atoms with Crippen molar-refractivity contribution in [2.24, 2.45) is 5.92 Å². The van der Waals surface area contributed by atoms with Crippen LogP contribution in [0.2, 0.25) is 0 Å². The molecule has 2 rings (SSSR count). The van der Waals surface area contributed by atoms with Gasteiger partial charge in [0.25, 0.3) is 0 Å². The molecule has 0 aromatic heterocycles. The number of hydrogen-bond donors (Lipinski definition) is 2. The molecule has 0 aromatic carbocycles. The van der Waals surface area contributed by atoms with Gasteiger partial charge in [-0.3, -0.25) is 4.79 Å². The number of piperidine rings is 1. The molecule has 2 N–H and O–H groups in total. The average molecular weight is 269 g/mol. The van der Waals surface area contributed by atoms with Gasteiger partial charge in [0, 0.05) is 32.7 Å². The van der Waals surface area contributed by atoms with Crippen LogP contribution < -0.4 is 5.32 Å². The van der Waals surface area contributed by atoms with Crippen LogP contribution in [0, 0.1) is 5.92 Å². The van der Waals surface area contributed by atoms with Crippen molar-refractivity contribution in [2.45, 2.75) is 25.7 Å². The second-order valence-electron chi connectivity index (χ2n) is 5.41. The summed E-state index contributed by atoms with van der Waals surface area (Å²) in [5, 5.41) is 11.9. The van der Waals surface area contributed by atoms with Crippen LogP contribution in [0.1, 0.15) is 25.7 Å². The zero-order valence-electron chi connectivity index (χ0n) is 11.3. The summed E-state index contributed by atoms with van der Waals surface area (Å²) < 4.78 is 0. The van der Waals surface area contributed by atoms with Crippen molar-refractivity contribution in [1.29, 1.82) is 0 Å². The van der Waals surface area contributed by atoms with E-state index in [0.29, 0.717) is 25.6 Å². The molecule has 0 saturated carbocycles. The van der Waals surface area contributed by atoms with Crippen LogP contribution in [0.25, 0.3) is 0 Å². The van der Waals surface area contributed by atoms with Crippen LogP contribution in [-0.2, 0) is 4.79 Å². The molecular weight excluding hydrogens is 246 g/mol. The van der Waals surface area contributed by atoms with Gasteiger partial charge in [-0.05, 0) is 31.6 Å². The van der Waals surface area contributed by atoms with Gasteiger partial charge < -0.3 is 20.2 Å². The molecule has 19 heavy (non-hydrogen) atoms. The Morgan fingerprint density at radius 3 is 2.68 bits per heavy atom. The standard InChI is InChI=1S/C13H23N3O3/c17-12-10-14-5-9-15(12)6-1-2-11-3-7-16(8-4-11)13(18)19/h11,14H,1-10H2,(H,18,19). The maximum atomic E-state index is 11.6. The first-order chi connectivity index (χ1) is 9.16.